The summed E-state index contributed by atoms with van der Waals surface area (Å²) in [4.78, 5) is 73.1. The number of esters is 6. The molecule has 0 saturated carbocycles. The predicted octanol–water partition coefficient (Wildman–Crippen LogP) is 18.8. The molecule has 0 aliphatic rings. The number of hydrogen-bond acceptors (Lipinski definition) is 13. The number of allylic oxidation sites excluding steroid dienone is 6. The number of aliphatic hydroxyl groups excluding tert-OH is 2. The van der Waals surface area contributed by atoms with Crippen LogP contribution in [0.3, 0.4) is 0 Å². The molecule has 1 unspecified atom stereocenters. The lowest BCUT2D eigenvalue weighted by atomic mass is 10.1. The lowest BCUT2D eigenvalue weighted by Crippen LogP contribution is -2.30. The Morgan fingerprint density at radius 1 is 0.388 bits per heavy atom. The van der Waals surface area contributed by atoms with E-state index in [1.807, 2.05) is 6.92 Å². The maximum atomic E-state index is 12.8. The molecule has 0 radical (unpaired) electrons. The molecular weight excluding hydrogens is 1070 g/mol. The van der Waals surface area contributed by atoms with Gasteiger partial charge in [0.1, 0.15) is 13.2 Å². The zero-order chi connectivity index (χ0) is 62.3. The van der Waals surface area contributed by atoms with Crippen LogP contribution in [0.2, 0.25) is 0 Å². The molecule has 13 nitrogen and oxygen atoms in total. The summed E-state index contributed by atoms with van der Waals surface area (Å²) in [6.07, 6.45) is 61.0. The molecule has 0 saturated heterocycles. The molecule has 13 heteroatoms. The second-order valence-electron chi connectivity index (χ2n) is 22.9. The number of carbonyl (C=O) groups excluding carboxylic acids is 6. The standard InChI is InChI=1S/C57H104O6.C15H18O7/c1-4-7-10-13-16-19-22-25-28-31-34-37-40-43-46-49-55(58)61-52-54(63-57(60)51-48-45-42-39-36-33-30-27-24-21-18-15-12-9-6-3)53-62-56(59)50-47-44-41-38-35-32-29-26-23-20-17-14-11-8-5-2;1-2-3-8-21-13(18)10-6-4-5-7-11(10)14(19)22-15(20)12(17)9-16/h25-30,54H,4-24,31-53H2,1-3H3;4-7,12,16-17H,2-3,8-9H2,1H3/b28-25+,29-26+,30-27+;. The Morgan fingerprint density at radius 2 is 0.694 bits per heavy atom. The summed E-state index contributed by atoms with van der Waals surface area (Å²) in [5.74, 6) is -3.98. The summed E-state index contributed by atoms with van der Waals surface area (Å²) in [7, 11) is 0. The normalized spacial score (nSPS) is 11.8. The zero-order valence-electron chi connectivity index (χ0n) is 54.3. The van der Waals surface area contributed by atoms with Gasteiger partial charge in [-0.25, -0.2) is 14.4 Å². The van der Waals surface area contributed by atoms with Crippen LogP contribution in [0.25, 0.3) is 0 Å². The highest BCUT2D eigenvalue weighted by Crippen LogP contribution is 2.17. The first-order valence-corrected chi connectivity index (χ1v) is 34.3. The number of rotatable bonds is 57. The summed E-state index contributed by atoms with van der Waals surface area (Å²) in [6, 6.07) is 5.71. The van der Waals surface area contributed by atoms with Gasteiger partial charge < -0.3 is 33.9 Å². The molecule has 0 amide bonds. The van der Waals surface area contributed by atoms with E-state index in [-0.39, 0.29) is 48.9 Å². The predicted molar refractivity (Wildman–Crippen MR) is 345 cm³/mol. The van der Waals surface area contributed by atoms with Crippen LogP contribution in [0, 0.1) is 0 Å². The summed E-state index contributed by atoms with van der Waals surface area (Å²) >= 11 is 0. The van der Waals surface area contributed by atoms with Crippen LogP contribution in [0.15, 0.2) is 60.7 Å². The van der Waals surface area contributed by atoms with Crippen molar-refractivity contribution in [2.24, 2.45) is 0 Å². The molecule has 1 rings (SSSR count). The van der Waals surface area contributed by atoms with Crippen molar-refractivity contribution in [3.63, 3.8) is 0 Å². The van der Waals surface area contributed by atoms with Crippen molar-refractivity contribution >= 4 is 35.8 Å². The number of unbranched alkanes of at least 4 members (excludes halogenated alkanes) is 34. The van der Waals surface area contributed by atoms with E-state index < -0.39 is 36.7 Å². The van der Waals surface area contributed by atoms with Gasteiger partial charge in [0.05, 0.1) is 24.3 Å². The first kappa shape index (κ1) is 80.4. The zero-order valence-corrected chi connectivity index (χ0v) is 54.3. The molecule has 0 bridgehead atoms. The minimum Gasteiger partial charge on any atom is -0.462 e. The Kier molecular flexibility index (Phi) is 59.0. The van der Waals surface area contributed by atoms with E-state index in [0.717, 1.165) is 83.5 Å². The fourth-order valence-electron chi connectivity index (χ4n) is 9.41. The Bertz CT molecular complexity index is 1800. The van der Waals surface area contributed by atoms with Crippen LogP contribution in [0.5, 0.6) is 0 Å². The molecule has 0 spiro atoms. The van der Waals surface area contributed by atoms with Crippen molar-refractivity contribution in [2.75, 3.05) is 26.4 Å². The highest BCUT2D eigenvalue weighted by Gasteiger charge is 2.25. The number of hydrogen-bond donors (Lipinski definition) is 2. The Balaban J connectivity index is 0.00000266. The Hall–Kier alpha value is -4.62. The average Bonchev–Trinajstić information content (AvgIpc) is 3.71. The lowest BCUT2D eigenvalue weighted by Gasteiger charge is -2.18. The van der Waals surface area contributed by atoms with Gasteiger partial charge in [-0.15, -0.1) is 0 Å². The van der Waals surface area contributed by atoms with Crippen molar-refractivity contribution in [3.05, 3.63) is 71.8 Å². The fourth-order valence-corrected chi connectivity index (χ4v) is 9.41. The van der Waals surface area contributed by atoms with Crippen molar-refractivity contribution in [2.45, 2.75) is 322 Å². The smallest absolute Gasteiger partial charge is 0.346 e. The Labute approximate surface area is 517 Å². The van der Waals surface area contributed by atoms with Crippen LogP contribution in [-0.4, -0.2) is 84.7 Å². The lowest BCUT2D eigenvalue weighted by molar-refractivity contribution is -0.167. The van der Waals surface area contributed by atoms with E-state index in [9.17, 15) is 28.8 Å². The summed E-state index contributed by atoms with van der Waals surface area (Å²) in [5.41, 5.74) is -0.183. The monoisotopic (exact) mass is 1190 g/mol. The third-order valence-electron chi connectivity index (χ3n) is 14.8. The van der Waals surface area contributed by atoms with Gasteiger partial charge in [-0.2, -0.15) is 0 Å². The van der Waals surface area contributed by atoms with E-state index in [4.69, 9.17) is 29.2 Å². The first-order chi connectivity index (χ1) is 41.5. The van der Waals surface area contributed by atoms with Crippen molar-refractivity contribution in [1.82, 2.24) is 0 Å². The summed E-state index contributed by atoms with van der Waals surface area (Å²) in [6.45, 7) is 7.92. The highest BCUT2D eigenvalue weighted by atomic mass is 16.6. The van der Waals surface area contributed by atoms with E-state index in [0.29, 0.717) is 25.7 Å². The van der Waals surface area contributed by atoms with Crippen LogP contribution >= 0.6 is 0 Å². The van der Waals surface area contributed by atoms with Gasteiger partial charge in [0.2, 0.25) is 0 Å². The third kappa shape index (κ3) is 53.4. The van der Waals surface area contributed by atoms with Crippen molar-refractivity contribution < 1.29 is 62.7 Å². The molecule has 0 aromatic heterocycles. The number of benzene rings is 1. The molecule has 0 fully saturated rings. The first-order valence-electron chi connectivity index (χ1n) is 34.3. The largest absolute Gasteiger partial charge is 0.462 e. The van der Waals surface area contributed by atoms with Gasteiger partial charge in [0.25, 0.3) is 0 Å². The number of aliphatic hydroxyl groups is 2. The van der Waals surface area contributed by atoms with Crippen LogP contribution in [-0.2, 0) is 42.9 Å². The molecule has 2 N–H and O–H groups in total. The van der Waals surface area contributed by atoms with E-state index in [1.165, 1.54) is 198 Å². The van der Waals surface area contributed by atoms with Crippen molar-refractivity contribution in [3.8, 4) is 0 Å². The van der Waals surface area contributed by atoms with Crippen LogP contribution < -0.4 is 0 Å². The molecular formula is C72H122O13. The SMILES string of the molecule is CCCCCCCC/C=C/CCCCCCCC(=O)OCC(COC(=O)CCCCCCC/C=C/CCCCCCCC)OC(=O)CCCCCCC/C=C/CCCCCCCC.CCCCOC(=O)c1ccccc1C(=O)OC(=O)C(O)CO. The number of carbonyl (C=O) groups is 6. The minimum atomic E-state index is -1.81. The second-order valence-corrected chi connectivity index (χ2v) is 22.9. The molecule has 0 aliphatic heterocycles. The van der Waals surface area contributed by atoms with Crippen molar-refractivity contribution in [1.29, 1.82) is 0 Å². The molecule has 1 aromatic rings. The van der Waals surface area contributed by atoms with Gasteiger partial charge in [-0.1, -0.05) is 237 Å². The topological polar surface area (TPSA) is 189 Å². The van der Waals surface area contributed by atoms with Gasteiger partial charge in [-0.05, 0) is 115 Å². The van der Waals surface area contributed by atoms with Crippen LogP contribution in [0.1, 0.15) is 331 Å². The van der Waals surface area contributed by atoms with Gasteiger partial charge in [0, 0.05) is 19.3 Å². The van der Waals surface area contributed by atoms with E-state index in [1.54, 1.807) is 0 Å². The molecule has 1 aromatic carbocycles. The minimum absolute atomic E-state index is 0.0325. The molecule has 0 heterocycles. The van der Waals surface area contributed by atoms with Crippen LogP contribution in [0.4, 0.5) is 0 Å². The summed E-state index contributed by atoms with van der Waals surface area (Å²) in [5, 5.41) is 17.7. The average molecular weight is 1200 g/mol. The van der Waals surface area contributed by atoms with E-state index >= 15 is 0 Å². The number of ether oxygens (including phenoxy) is 5. The third-order valence-corrected chi connectivity index (χ3v) is 14.8. The van der Waals surface area contributed by atoms with E-state index in [2.05, 4.69) is 62.0 Å². The van der Waals surface area contributed by atoms with Gasteiger partial charge in [-0.3, -0.25) is 14.4 Å². The second kappa shape index (κ2) is 62.4. The molecule has 0 aliphatic carbocycles. The molecule has 488 valence electrons. The fraction of sp³-hybridized carbons (Fsp3) is 0.750. The van der Waals surface area contributed by atoms with Gasteiger partial charge in [0.15, 0.2) is 12.2 Å². The summed E-state index contributed by atoms with van der Waals surface area (Å²) < 4.78 is 26.2. The Morgan fingerprint density at radius 3 is 1.04 bits per heavy atom. The van der Waals surface area contributed by atoms with Gasteiger partial charge >= 0.3 is 35.8 Å². The maximum Gasteiger partial charge on any atom is 0.346 e. The quantitative estimate of drug-likeness (QED) is 0.0206. The highest BCUT2D eigenvalue weighted by molar-refractivity contribution is 6.06. The maximum absolute atomic E-state index is 12.8. The molecule has 1 atom stereocenters. The molecule has 85 heavy (non-hydrogen) atoms.